The third-order valence-electron chi connectivity index (χ3n) is 3.84. The maximum atomic E-state index is 11.3. The van der Waals surface area contributed by atoms with E-state index in [1.807, 2.05) is 13.8 Å². The van der Waals surface area contributed by atoms with Gasteiger partial charge in [0.15, 0.2) is 9.84 Å². The molecular formula is C13H19NO3S. The molecule has 0 aromatic heterocycles. The average molecular weight is 269 g/mol. The summed E-state index contributed by atoms with van der Waals surface area (Å²) >= 11 is 0. The van der Waals surface area contributed by atoms with Gasteiger partial charge in [-0.3, -0.25) is 0 Å². The van der Waals surface area contributed by atoms with E-state index in [1.54, 1.807) is 24.3 Å². The van der Waals surface area contributed by atoms with E-state index in [4.69, 9.17) is 0 Å². The lowest BCUT2D eigenvalue weighted by Crippen LogP contribution is -2.56. The fourth-order valence-corrected chi connectivity index (χ4v) is 2.78. The quantitative estimate of drug-likeness (QED) is 0.876. The summed E-state index contributed by atoms with van der Waals surface area (Å²) in [6.07, 6.45) is 1.65. The van der Waals surface area contributed by atoms with Gasteiger partial charge in [-0.25, -0.2) is 8.42 Å². The molecule has 2 rings (SSSR count). The average Bonchev–Trinajstić information content (AvgIpc) is 2.28. The summed E-state index contributed by atoms with van der Waals surface area (Å²) in [4.78, 5) is 0.320. The highest BCUT2D eigenvalue weighted by atomic mass is 32.2. The van der Waals surface area contributed by atoms with Crippen molar-refractivity contribution in [3.05, 3.63) is 24.3 Å². The largest absolute Gasteiger partial charge is 0.392 e. The van der Waals surface area contributed by atoms with Gasteiger partial charge in [0.05, 0.1) is 11.0 Å². The topological polar surface area (TPSA) is 66.4 Å². The minimum absolute atomic E-state index is 0.143. The van der Waals surface area contributed by atoms with Crippen LogP contribution in [-0.4, -0.2) is 31.9 Å². The maximum absolute atomic E-state index is 11.3. The van der Waals surface area contributed by atoms with Gasteiger partial charge in [0.2, 0.25) is 0 Å². The first-order chi connectivity index (χ1) is 8.21. The highest BCUT2D eigenvalue weighted by Crippen LogP contribution is 2.42. The fourth-order valence-electron chi connectivity index (χ4n) is 2.15. The molecule has 4 nitrogen and oxygen atoms in total. The number of benzene rings is 1. The van der Waals surface area contributed by atoms with Gasteiger partial charge in [0.25, 0.3) is 0 Å². The number of sulfone groups is 1. The van der Waals surface area contributed by atoms with Crippen molar-refractivity contribution in [1.82, 2.24) is 0 Å². The molecule has 0 aliphatic heterocycles. The molecule has 2 N–H and O–H groups in total. The van der Waals surface area contributed by atoms with Crippen molar-refractivity contribution in [2.45, 2.75) is 37.3 Å². The first-order valence-corrected chi connectivity index (χ1v) is 7.85. The van der Waals surface area contributed by atoms with E-state index in [-0.39, 0.29) is 17.6 Å². The smallest absolute Gasteiger partial charge is 0.175 e. The van der Waals surface area contributed by atoms with Gasteiger partial charge in [-0.1, -0.05) is 13.8 Å². The monoisotopic (exact) mass is 269 g/mol. The fraction of sp³-hybridized carbons (Fsp3) is 0.538. The van der Waals surface area contributed by atoms with Gasteiger partial charge in [-0.05, 0) is 30.7 Å². The normalized spacial score (nSPS) is 26.4. The van der Waals surface area contributed by atoms with Crippen molar-refractivity contribution in [1.29, 1.82) is 0 Å². The first kappa shape index (κ1) is 13.4. The van der Waals surface area contributed by atoms with Crippen LogP contribution in [0.3, 0.4) is 0 Å². The predicted molar refractivity (Wildman–Crippen MR) is 71.4 cm³/mol. The van der Waals surface area contributed by atoms with Crippen LogP contribution in [0.1, 0.15) is 20.3 Å². The van der Waals surface area contributed by atoms with E-state index in [9.17, 15) is 13.5 Å². The van der Waals surface area contributed by atoms with E-state index in [0.29, 0.717) is 4.90 Å². The standard InChI is InChI=1S/C13H19NO3S/c1-13(2)11(8-12(13)15)14-9-4-6-10(7-5-9)18(3,16)17/h4-7,11-12,14-15H,8H2,1-3H3. The van der Waals surface area contributed by atoms with Crippen LogP contribution >= 0.6 is 0 Å². The molecule has 1 aliphatic rings. The summed E-state index contributed by atoms with van der Waals surface area (Å²) in [6.45, 7) is 4.04. The summed E-state index contributed by atoms with van der Waals surface area (Å²) in [5, 5.41) is 13.0. The molecule has 0 spiro atoms. The Morgan fingerprint density at radius 3 is 2.22 bits per heavy atom. The van der Waals surface area contributed by atoms with Crippen LogP contribution in [0, 0.1) is 5.41 Å². The number of hydrogen-bond donors (Lipinski definition) is 2. The number of nitrogens with one attached hydrogen (secondary N) is 1. The second-order valence-electron chi connectivity index (χ2n) is 5.57. The molecule has 0 bridgehead atoms. The summed E-state index contributed by atoms with van der Waals surface area (Å²) in [7, 11) is -3.14. The zero-order valence-corrected chi connectivity index (χ0v) is 11.7. The Hall–Kier alpha value is -1.07. The molecule has 100 valence electrons. The minimum atomic E-state index is -3.14. The van der Waals surface area contributed by atoms with Crippen molar-refractivity contribution in [3.8, 4) is 0 Å². The van der Waals surface area contributed by atoms with Crippen LogP contribution < -0.4 is 5.32 Å². The van der Waals surface area contributed by atoms with E-state index < -0.39 is 9.84 Å². The van der Waals surface area contributed by atoms with Gasteiger partial charge in [0, 0.05) is 23.4 Å². The van der Waals surface area contributed by atoms with Crippen molar-refractivity contribution in [2.75, 3.05) is 11.6 Å². The lowest BCUT2D eigenvalue weighted by Gasteiger charge is -2.49. The summed E-state index contributed by atoms with van der Waals surface area (Å²) in [6, 6.07) is 6.94. The molecule has 0 heterocycles. The maximum Gasteiger partial charge on any atom is 0.175 e. The summed E-state index contributed by atoms with van der Waals surface area (Å²) < 4.78 is 22.7. The van der Waals surface area contributed by atoms with Crippen LogP contribution in [0.5, 0.6) is 0 Å². The molecule has 0 saturated heterocycles. The third-order valence-corrected chi connectivity index (χ3v) is 4.97. The van der Waals surface area contributed by atoms with Gasteiger partial charge in [-0.2, -0.15) is 0 Å². The van der Waals surface area contributed by atoms with E-state index in [1.165, 1.54) is 6.26 Å². The van der Waals surface area contributed by atoms with Gasteiger partial charge < -0.3 is 10.4 Å². The van der Waals surface area contributed by atoms with Crippen LogP contribution in [0.15, 0.2) is 29.2 Å². The van der Waals surface area contributed by atoms with E-state index >= 15 is 0 Å². The van der Waals surface area contributed by atoms with Crippen molar-refractivity contribution in [2.24, 2.45) is 5.41 Å². The Labute approximate surface area is 108 Å². The molecule has 5 heteroatoms. The Morgan fingerprint density at radius 1 is 1.28 bits per heavy atom. The van der Waals surface area contributed by atoms with E-state index in [2.05, 4.69) is 5.32 Å². The lowest BCUT2D eigenvalue weighted by atomic mass is 9.64. The first-order valence-electron chi connectivity index (χ1n) is 5.96. The van der Waals surface area contributed by atoms with Gasteiger partial charge >= 0.3 is 0 Å². The Kier molecular flexibility index (Phi) is 3.15. The second-order valence-corrected chi connectivity index (χ2v) is 7.58. The number of aliphatic hydroxyl groups excluding tert-OH is 1. The highest BCUT2D eigenvalue weighted by Gasteiger charge is 2.47. The molecule has 0 amide bonds. The van der Waals surface area contributed by atoms with Crippen molar-refractivity contribution >= 4 is 15.5 Å². The highest BCUT2D eigenvalue weighted by molar-refractivity contribution is 7.90. The molecular weight excluding hydrogens is 250 g/mol. The number of anilines is 1. The number of hydrogen-bond acceptors (Lipinski definition) is 4. The summed E-state index contributed by atoms with van der Waals surface area (Å²) in [5.41, 5.74) is 0.738. The number of aliphatic hydroxyl groups is 1. The lowest BCUT2D eigenvalue weighted by molar-refractivity contribution is -0.0510. The molecule has 1 aromatic carbocycles. The SMILES string of the molecule is CC1(C)C(O)CC1Nc1ccc(S(C)(=O)=O)cc1. The van der Waals surface area contributed by atoms with Crippen LogP contribution in [-0.2, 0) is 9.84 Å². The molecule has 1 saturated carbocycles. The van der Waals surface area contributed by atoms with Crippen molar-refractivity contribution < 1.29 is 13.5 Å². The molecule has 18 heavy (non-hydrogen) atoms. The van der Waals surface area contributed by atoms with Crippen LogP contribution in [0.4, 0.5) is 5.69 Å². The molecule has 1 aromatic rings. The zero-order chi connectivity index (χ0) is 13.6. The van der Waals surface area contributed by atoms with E-state index in [0.717, 1.165) is 12.1 Å². The Bertz CT molecular complexity index is 534. The van der Waals surface area contributed by atoms with Crippen molar-refractivity contribution in [3.63, 3.8) is 0 Å². The molecule has 2 atom stereocenters. The van der Waals surface area contributed by atoms with Gasteiger partial charge in [0.1, 0.15) is 0 Å². The van der Waals surface area contributed by atoms with Gasteiger partial charge in [-0.15, -0.1) is 0 Å². The predicted octanol–water partition coefficient (Wildman–Crippen LogP) is 1.66. The molecule has 0 radical (unpaired) electrons. The molecule has 1 fully saturated rings. The second kappa shape index (κ2) is 4.24. The van der Waals surface area contributed by atoms with Crippen LogP contribution in [0.2, 0.25) is 0 Å². The minimum Gasteiger partial charge on any atom is -0.392 e. The zero-order valence-electron chi connectivity index (χ0n) is 10.8. The third kappa shape index (κ3) is 2.37. The Morgan fingerprint density at radius 2 is 1.83 bits per heavy atom. The number of rotatable bonds is 3. The van der Waals surface area contributed by atoms with Crippen LogP contribution in [0.25, 0.3) is 0 Å². The molecule has 2 unspecified atom stereocenters. The summed E-state index contributed by atoms with van der Waals surface area (Å²) in [5.74, 6) is 0. The Balaban J connectivity index is 2.09. The molecule has 1 aliphatic carbocycles.